The van der Waals surface area contributed by atoms with Crippen molar-refractivity contribution in [2.24, 2.45) is 0 Å². The minimum absolute atomic E-state index is 0.744. The van der Waals surface area contributed by atoms with Gasteiger partial charge >= 0.3 is 0 Å². The van der Waals surface area contributed by atoms with E-state index < -0.39 is 0 Å². The van der Waals surface area contributed by atoms with Crippen molar-refractivity contribution in [1.82, 2.24) is 15.1 Å². The number of ether oxygens (including phenoxy) is 1. The minimum Gasteiger partial charge on any atom is -0.383 e. The minimum atomic E-state index is 0.744. The predicted octanol–water partition coefficient (Wildman–Crippen LogP) is 0.391. The summed E-state index contributed by atoms with van der Waals surface area (Å²) in [5.74, 6) is 0. The summed E-state index contributed by atoms with van der Waals surface area (Å²) in [6.07, 6.45) is 4.14. The lowest BCUT2D eigenvalue weighted by atomic mass is 10.1. The fraction of sp³-hybridized carbons (Fsp3) is 1.00. The lowest BCUT2D eigenvalue weighted by molar-refractivity contribution is 0.160. The van der Waals surface area contributed by atoms with E-state index in [9.17, 15) is 0 Å². The highest BCUT2D eigenvalue weighted by Gasteiger charge is 2.36. The van der Waals surface area contributed by atoms with Gasteiger partial charge in [0.1, 0.15) is 0 Å². The summed E-state index contributed by atoms with van der Waals surface area (Å²) in [4.78, 5) is 4.99. The molecular weight excluding hydrogens is 214 g/mol. The van der Waals surface area contributed by atoms with Gasteiger partial charge in [-0.25, -0.2) is 0 Å². The standard InChI is InChI=1S/C13H27N3O/c1-15(10-11-17-2)9-6-14-12-5-8-16-7-3-4-13(12)16/h12-14H,3-11H2,1-2H3. The number of rotatable bonds is 7. The van der Waals surface area contributed by atoms with Crippen LogP contribution in [0.3, 0.4) is 0 Å². The molecule has 0 radical (unpaired) electrons. The van der Waals surface area contributed by atoms with Gasteiger partial charge in [0.05, 0.1) is 6.61 Å². The highest BCUT2D eigenvalue weighted by Crippen LogP contribution is 2.27. The molecule has 1 N–H and O–H groups in total. The molecule has 2 unspecified atom stereocenters. The molecule has 0 saturated carbocycles. The Kier molecular flexibility index (Phi) is 5.22. The summed E-state index contributed by atoms with van der Waals surface area (Å²) >= 11 is 0. The topological polar surface area (TPSA) is 27.7 Å². The SMILES string of the molecule is COCCN(C)CCNC1CCN2CCCC12. The van der Waals surface area contributed by atoms with Crippen LogP contribution in [0.25, 0.3) is 0 Å². The largest absolute Gasteiger partial charge is 0.383 e. The molecule has 17 heavy (non-hydrogen) atoms. The normalized spacial score (nSPS) is 29.1. The van der Waals surface area contributed by atoms with Crippen molar-refractivity contribution in [3.05, 3.63) is 0 Å². The Hall–Kier alpha value is -0.160. The van der Waals surface area contributed by atoms with Crippen LogP contribution in [0.2, 0.25) is 0 Å². The number of fused-ring (bicyclic) bond motifs is 1. The van der Waals surface area contributed by atoms with Gasteiger partial charge < -0.3 is 15.0 Å². The van der Waals surface area contributed by atoms with E-state index in [-0.39, 0.29) is 0 Å². The molecule has 2 fully saturated rings. The Morgan fingerprint density at radius 3 is 3.00 bits per heavy atom. The Bertz CT molecular complexity index is 225. The van der Waals surface area contributed by atoms with Crippen LogP contribution in [0.15, 0.2) is 0 Å². The zero-order valence-electron chi connectivity index (χ0n) is 11.3. The molecule has 100 valence electrons. The fourth-order valence-electron chi connectivity index (χ4n) is 3.12. The van der Waals surface area contributed by atoms with Crippen molar-refractivity contribution in [2.75, 3.05) is 53.5 Å². The second kappa shape index (κ2) is 6.69. The Morgan fingerprint density at radius 2 is 2.18 bits per heavy atom. The quantitative estimate of drug-likeness (QED) is 0.698. The van der Waals surface area contributed by atoms with Gasteiger partial charge in [0, 0.05) is 45.4 Å². The van der Waals surface area contributed by atoms with Crippen molar-refractivity contribution in [1.29, 1.82) is 0 Å². The molecule has 4 heteroatoms. The lowest BCUT2D eigenvalue weighted by Gasteiger charge is -2.23. The Morgan fingerprint density at radius 1 is 1.29 bits per heavy atom. The van der Waals surface area contributed by atoms with Crippen LogP contribution in [-0.4, -0.2) is 75.4 Å². The third-order valence-electron chi connectivity index (χ3n) is 4.18. The van der Waals surface area contributed by atoms with Crippen LogP contribution in [0, 0.1) is 0 Å². The van der Waals surface area contributed by atoms with Gasteiger partial charge in [0.15, 0.2) is 0 Å². The molecule has 0 amide bonds. The first-order chi connectivity index (χ1) is 8.31. The maximum absolute atomic E-state index is 5.08. The van der Waals surface area contributed by atoms with E-state index in [0.29, 0.717) is 0 Å². The molecule has 0 spiro atoms. The van der Waals surface area contributed by atoms with Crippen molar-refractivity contribution >= 4 is 0 Å². The van der Waals surface area contributed by atoms with E-state index in [2.05, 4.69) is 22.2 Å². The molecule has 2 saturated heterocycles. The zero-order valence-corrected chi connectivity index (χ0v) is 11.3. The zero-order chi connectivity index (χ0) is 12.1. The van der Waals surface area contributed by atoms with Gasteiger partial charge in [0.2, 0.25) is 0 Å². The van der Waals surface area contributed by atoms with Gasteiger partial charge in [0.25, 0.3) is 0 Å². The van der Waals surface area contributed by atoms with Crippen molar-refractivity contribution in [3.63, 3.8) is 0 Å². The van der Waals surface area contributed by atoms with Crippen LogP contribution in [0.4, 0.5) is 0 Å². The van der Waals surface area contributed by atoms with E-state index in [1.807, 2.05) is 0 Å². The Labute approximate surface area is 105 Å². The van der Waals surface area contributed by atoms with Gasteiger partial charge in [-0.1, -0.05) is 0 Å². The molecular formula is C13H27N3O. The highest BCUT2D eigenvalue weighted by atomic mass is 16.5. The molecule has 0 aromatic heterocycles. The molecule has 0 aromatic carbocycles. The van der Waals surface area contributed by atoms with E-state index >= 15 is 0 Å². The monoisotopic (exact) mass is 241 g/mol. The van der Waals surface area contributed by atoms with E-state index in [0.717, 1.165) is 38.3 Å². The number of nitrogens with one attached hydrogen (secondary N) is 1. The molecule has 0 bridgehead atoms. The van der Waals surface area contributed by atoms with Crippen LogP contribution < -0.4 is 5.32 Å². The van der Waals surface area contributed by atoms with Crippen LogP contribution in [-0.2, 0) is 4.74 Å². The maximum atomic E-state index is 5.08. The van der Waals surface area contributed by atoms with Gasteiger partial charge in [-0.3, -0.25) is 4.90 Å². The molecule has 2 atom stereocenters. The first-order valence-corrected chi connectivity index (χ1v) is 6.96. The van der Waals surface area contributed by atoms with Crippen LogP contribution >= 0.6 is 0 Å². The molecule has 4 nitrogen and oxygen atoms in total. The third-order valence-corrected chi connectivity index (χ3v) is 4.18. The highest BCUT2D eigenvalue weighted by molar-refractivity contribution is 4.95. The maximum Gasteiger partial charge on any atom is 0.0589 e. The van der Waals surface area contributed by atoms with Crippen LogP contribution in [0.1, 0.15) is 19.3 Å². The van der Waals surface area contributed by atoms with Crippen molar-refractivity contribution in [2.45, 2.75) is 31.3 Å². The number of hydrogen-bond donors (Lipinski definition) is 1. The third kappa shape index (κ3) is 3.65. The van der Waals surface area contributed by atoms with Crippen LogP contribution in [0.5, 0.6) is 0 Å². The van der Waals surface area contributed by atoms with Gasteiger partial charge in [-0.05, 0) is 32.9 Å². The average molecular weight is 241 g/mol. The number of methoxy groups -OCH3 is 1. The smallest absolute Gasteiger partial charge is 0.0589 e. The summed E-state index contributed by atoms with van der Waals surface area (Å²) in [5, 5.41) is 3.74. The molecule has 0 aliphatic carbocycles. The summed E-state index contributed by atoms with van der Waals surface area (Å²) in [6.45, 7) is 6.72. The van der Waals surface area contributed by atoms with E-state index in [1.54, 1.807) is 7.11 Å². The first kappa shape index (κ1) is 13.3. The second-order valence-electron chi connectivity index (χ2n) is 5.39. The number of hydrogen-bond acceptors (Lipinski definition) is 4. The summed E-state index contributed by atoms with van der Waals surface area (Å²) < 4.78 is 5.08. The van der Waals surface area contributed by atoms with E-state index in [4.69, 9.17) is 4.74 Å². The number of nitrogens with zero attached hydrogens (tertiary/aromatic N) is 2. The summed E-state index contributed by atoms with van der Waals surface area (Å²) in [5.41, 5.74) is 0. The van der Waals surface area contributed by atoms with Gasteiger partial charge in [-0.2, -0.15) is 0 Å². The second-order valence-corrected chi connectivity index (χ2v) is 5.39. The molecule has 2 aliphatic heterocycles. The average Bonchev–Trinajstić information content (AvgIpc) is 2.90. The Balaban J connectivity index is 1.59. The molecule has 0 aromatic rings. The molecule has 2 rings (SSSR count). The number of likely N-dealkylation sites (N-methyl/N-ethyl adjacent to an activating group) is 1. The van der Waals surface area contributed by atoms with Gasteiger partial charge in [-0.15, -0.1) is 0 Å². The first-order valence-electron chi connectivity index (χ1n) is 6.96. The van der Waals surface area contributed by atoms with Crippen molar-refractivity contribution < 1.29 is 4.74 Å². The predicted molar refractivity (Wildman–Crippen MR) is 70.4 cm³/mol. The van der Waals surface area contributed by atoms with E-state index in [1.165, 1.54) is 32.4 Å². The fourth-order valence-corrected chi connectivity index (χ4v) is 3.12. The summed E-state index contributed by atoms with van der Waals surface area (Å²) in [7, 11) is 3.93. The summed E-state index contributed by atoms with van der Waals surface area (Å²) in [6, 6.07) is 1.58. The molecule has 2 aliphatic rings. The molecule has 2 heterocycles. The van der Waals surface area contributed by atoms with Crippen molar-refractivity contribution in [3.8, 4) is 0 Å². The lowest BCUT2D eigenvalue weighted by Crippen LogP contribution is -2.42.